The smallest absolute Gasteiger partial charge is 0.415 e. The molecule has 3 heterocycles. The third-order valence-corrected chi connectivity index (χ3v) is 7.10. The zero-order chi connectivity index (χ0) is 23.0. The first-order valence-corrected chi connectivity index (χ1v) is 12.0. The molecule has 33 heavy (non-hydrogen) atoms. The van der Waals surface area contributed by atoms with Gasteiger partial charge in [-0.25, -0.2) is 9.78 Å². The molecule has 8 nitrogen and oxygen atoms in total. The molecule has 3 aliphatic rings. The van der Waals surface area contributed by atoms with Gasteiger partial charge < -0.3 is 15.4 Å². The van der Waals surface area contributed by atoms with Crippen LogP contribution >= 0.6 is 0 Å². The van der Waals surface area contributed by atoms with Crippen LogP contribution in [-0.4, -0.2) is 58.8 Å². The second-order valence-electron chi connectivity index (χ2n) is 10.0. The maximum Gasteiger partial charge on any atom is 0.415 e. The molecule has 1 saturated carbocycles. The van der Waals surface area contributed by atoms with Gasteiger partial charge in [-0.1, -0.05) is 38.1 Å². The number of rotatable bonds is 7. The van der Waals surface area contributed by atoms with E-state index in [1.54, 1.807) is 17.2 Å². The second kappa shape index (κ2) is 8.91. The zero-order valence-electron chi connectivity index (χ0n) is 19.8. The van der Waals surface area contributed by atoms with Crippen LogP contribution < -0.4 is 15.5 Å². The minimum Gasteiger partial charge on any atom is -0.447 e. The van der Waals surface area contributed by atoms with Gasteiger partial charge in [0.25, 0.3) is 0 Å². The Balaban J connectivity index is 1.22. The number of benzene rings is 1. The maximum atomic E-state index is 12.3. The van der Waals surface area contributed by atoms with E-state index in [2.05, 4.69) is 70.5 Å². The second-order valence-corrected chi connectivity index (χ2v) is 10.0. The first-order valence-electron chi connectivity index (χ1n) is 12.0. The lowest BCUT2D eigenvalue weighted by Crippen LogP contribution is -2.51. The summed E-state index contributed by atoms with van der Waals surface area (Å²) in [5.41, 5.74) is 2.92. The summed E-state index contributed by atoms with van der Waals surface area (Å²) in [5.74, 6) is 1.35. The van der Waals surface area contributed by atoms with Crippen LogP contribution in [0.2, 0.25) is 0 Å². The predicted octanol–water partition coefficient (Wildman–Crippen LogP) is 3.57. The lowest BCUT2D eigenvalue weighted by molar-refractivity contribution is 0.177. The lowest BCUT2D eigenvalue weighted by atomic mass is 10.0. The number of nitrogens with one attached hydrogen (secondary N) is 2. The van der Waals surface area contributed by atoms with Crippen molar-refractivity contribution >= 4 is 17.9 Å². The fourth-order valence-electron chi connectivity index (χ4n) is 4.85. The molecular weight excluding hydrogens is 416 g/mol. The number of anilines is 2. The van der Waals surface area contributed by atoms with Crippen LogP contribution in [0.15, 0.2) is 36.5 Å². The van der Waals surface area contributed by atoms with E-state index in [1.807, 2.05) is 0 Å². The van der Waals surface area contributed by atoms with E-state index in [0.717, 1.165) is 26.2 Å². The number of hydrogen-bond donors (Lipinski definition) is 2. The van der Waals surface area contributed by atoms with Crippen LogP contribution in [0, 0.1) is 5.92 Å². The average Bonchev–Trinajstić information content (AvgIpc) is 3.41. The van der Waals surface area contributed by atoms with Gasteiger partial charge in [0.05, 0.1) is 12.1 Å². The van der Waals surface area contributed by atoms with Crippen molar-refractivity contribution in [3.05, 3.63) is 47.7 Å². The largest absolute Gasteiger partial charge is 0.447 e. The van der Waals surface area contributed by atoms with E-state index < -0.39 is 0 Å². The molecule has 3 fully saturated rings. The Labute approximate surface area is 195 Å². The highest BCUT2D eigenvalue weighted by molar-refractivity contribution is 5.89. The Morgan fingerprint density at radius 2 is 2.00 bits per heavy atom. The Morgan fingerprint density at radius 1 is 1.21 bits per heavy atom. The molecule has 176 valence electrons. The van der Waals surface area contributed by atoms with Gasteiger partial charge >= 0.3 is 6.09 Å². The molecule has 2 atom stereocenters. The fraction of sp³-hybridized carbons (Fsp3) is 0.560. The van der Waals surface area contributed by atoms with Crippen molar-refractivity contribution in [1.82, 2.24) is 20.2 Å². The van der Waals surface area contributed by atoms with Crippen LogP contribution in [0.25, 0.3) is 0 Å². The number of piperazine rings is 1. The normalized spacial score (nSPS) is 23.1. The highest BCUT2D eigenvalue weighted by Crippen LogP contribution is 2.37. The van der Waals surface area contributed by atoms with Gasteiger partial charge in [-0.15, -0.1) is 0 Å². The first-order chi connectivity index (χ1) is 15.9. The van der Waals surface area contributed by atoms with Gasteiger partial charge in [0.15, 0.2) is 0 Å². The maximum absolute atomic E-state index is 12.3. The zero-order valence-corrected chi connectivity index (χ0v) is 19.8. The van der Waals surface area contributed by atoms with Gasteiger partial charge in [-0.05, 0) is 42.9 Å². The van der Waals surface area contributed by atoms with E-state index in [-0.39, 0.29) is 24.1 Å². The van der Waals surface area contributed by atoms with Gasteiger partial charge in [0.2, 0.25) is 5.95 Å². The number of hydrogen-bond acceptors (Lipinski definition) is 7. The van der Waals surface area contributed by atoms with Crippen LogP contribution in [0.3, 0.4) is 0 Å². The molecule has 0 unspecified atom stereocenters. The highest BCUT2D eigenvalue weighted by atomic mass is 16.6. The van der Waals surface area contributed by atoms with Crippen LogP contribution in [0.4, 0.5) is 16.6 Å². The molecule has 1 spiro atoms. The summed E-state index contributed by atoms with van der Waals surface area (Å²) in [6.07, 6.45) is 3.96. The molecule has 0 radical (unpaired) electrons. The molecule has 2 aromatic rings. The third kappa shape index (κ3) is 4.82. The van der Waals surface area contributed by atoms with E-state index in [9.17, 15) is 4.79 Å². The van der Waals surface area contributed by atoms with Gasteiger partial charge in [-0.2, -0.15) is 4.98 Å². The van der Waals surface area contributed by atoms with E-state index in [1.165, 1.54) is 24.0 Å². The van der Waals surface area contributed by atoms with Crippen LogP contribution in [-0.2, 0) is 11.3 Å². The number of carbonyl (C=O) groups excluding carboxylic acids is 1. The molecule has 0 bridgehead atoms. The topological polar surface area (TPSA) is 82.6 Å². The average molecular weight is 451 g/mol. The Bertz CT molecular complexity index is 991. The minimum absolute atomic E-state index is 0.0179. The van der Waals surface area contributed by atoms with Crippen molar-refractivity contribution in [2.24, 2.45) is 5.92 Å². The van der Waals surface area contributed by atoms with Crippen LogP contribution in [0.5, 0.6) is 0 Å². The summed E-state index contributed by atoms with van der Waals surface area (Å²) in [6.45, 7) is 11.0. The lowest BCUT2D eigenvalue weighted by Gasteiger charge is -2.34. The SMILES string of the molecule is CC(C)[C@H]1COC(=O)N1c1ccnc(N[C@@H](C)c2ccc(CN3CCNC4(CC4)C3)cc2)n1. The number of nitrogens with zero attached hydrogens (tertiary/aromatic N) is 4. The van der Waals surface area contributed by atoms with Crippen molar-refractivity contribution in [2.75, 3.05) is 36.5 Å². The number of aromatic nitrogens is 2. The minimum atomic E-state index is -0.348. The van der Waals surface area contributed by atoms with E-state index in [0.29, 0.717) is 23.9 Å². The summed E-state index contributed by atoms with van der Waals surface area (Å²) >= 11 is 0. The molecule has 2 N–H and O–H groups in total. The molecule has 2 saturated heterocycles. The predicted molar refractivity (Wildman–Crippen MR) is 128 cm³/mol. The highest BCUT2D eigenvalue weighted by Gasteiger charge is 2.45. The van der Waals surface area contributed by atoms with E-state index >= 15 is 0 Å². The molecule has 1 amide bonds. The van der Waals surface area contributed by atoms with Gasteiger partial charge in [0.1, 0.15) is 12.4 Å². The molecule has 1 aliphatic carbocycles. The molecule has 8 heteroatoms. The fourth-order valence-corrected chi connectivity index (χ4v) is 4.85. The number of cyclic esters (lactones) is 1. The Kier molecular flexibility index (Phi) is 5.97. The molecule has 1 aromatic carbocycles. The Hall–Kier alpha value is -2.71. The van der Waals surface area contributed by atoms with Crippen molar-refractivity contribution in [1.29, 1.82) is 0 Å². The standard InChI is InChI=1S/C25H34N6O2/c1-17(2)21-15-33-24(32)31(21)22-8-11-26-23(29-22)28-18(3)20-6-4-19(5-7-20)14-30-13-12-27-25(16-30)9-10-25/h4-8,11,17-18,21,27H,9-10,12-16H2,1-3H3,(H,26,28,29)/t18-,21+/m0/s1. The third-order valence-electron chi connectivity index (χ3n) is 7.10. The molecule has 5 rings (SSSR count). The summed E-state index contributed by atoms with van der Waals surface area (Å²) < 4.78 is 5.26. The van der Waals surface area contributed by atoms with Crippen molar-refractivity contribution in [2.45, 2.75) is 57.8 Å². The van der Waals surface area contributed by atoms with Crippen molar-refractivity contribution in [3.8, 4) is 0 Å². The number of ether oxygens (including phenoxy) is 1. The Morgan fingerprint density at radius 3 is 2.73 bits per heavy atom. The summed E-state index contributed by atoms with van der Waals surface area (Å²) in [4.78, 5) is 25.5. The van der Waals surface area contributed by atoms with Crippen molar-refractivity contribution in [3.63, 3.8) is 0 Å². The van der Waals surface area contributed by atoms with Crippen molar-refractivity contribution < 1.29 is 9.53 Å². The van der Waals surface area contributed by atoms with E-state index in [4.69, 9.17) is 4.74 Å². The summed E-state index contributed by atoms with van der Waals surface area (Å²) in [7, 11) is 0. The molecule has 1 aromatic heterocycles. The molecular formula is C25H34N6O2. The first kappa shape index (κ1) is 22.1. The number of carbonyl (C=O) groups is 1. The summed E-state index contributed by atoms with van der Waals surface area (Å²) in [6, 6.07) is 10.6. The summed E-state index contributed by atoms with van der Waals surface area (Å²) in [5, 5.41) is 7.06. The van der Waals surface area contributed by atoms with Gasteiger partial charge in [0, 0.05) is 37.9 Å². The molecule has 2 aliphatic heterocycles. The monoisotopic (exact) mass is 450 g/mol. The van der Waals surface area contributed by atoms with Gasteiger partial charge in [-0.3, -0.25) is 9.80 Å². The van der Waals surface area contributed by atoms with Crippen LogP contribution in [0.1, 0.15) is 50.8 Å². The quantitative estimate of drug-likeness (QED) is 0.667. The number of amides is 1.